The minimum absolute atomic E-state index is 0.110. The van der Waals surface area contributed by atoms with Gasteiger partial charge in [0.1, 0.15) is 11.3 Å². The fraction of sp³-hybridized carbons (Fsp3) is 0.500. The monoisotopic (exact) mass is 311 g/mol. The Hall–Kier alpha value is -1.63. The van der Waals surface area contributed by atoms with Crippen molar-refractivity contribution in [3.05, 3.63) is 24.0 Å². The van der Waals surface area contributed by atoms with Crippen LogP contribution in [0.1, 0.15) is 25.7 Å². The Morgan fingerprint density at radius 3 is 2.76 bits per heavy atom. The third-order valence-corrected chi connectivity index (χ3v) is 5.43. The lowest BCUT2D eigenvalue weighted by molar-refractivity contribution is 0.562. The Morgan fingerprint density at radius 1 is 1.38 bits per heavy atom. The van der Waals surface area contributed by atoms with Crippen LogP contribution >= 0.6 is 0 Å². The van der Waals surface area contributed by atoms with E-state index in [1.165, 1.54) is 10.6 Å². The van der Waals surface area contributed by atoms with E-state index >= 15 is 0 Å². The van der Waals surface area contributed by atoms with E-state index in [1.54, 1.807) is 19.2 Å². The highest BCUT2D eigenvalue weighted by atomic mass is 32.2. The van der Waals surface area contributed by atoms with E-state index in [-0.39, 0.29) is 17.6 Å². The van der Waals surface area contributed by atoms with E-state index in [4.69, 9.17) is 0 Å². The molecule has 0 saturated heterocycles. The molecule has 21 heavy (non-hydrogen) atoms. The van der Waals surface area contributed by atoms with Crippen LogP contribution in [0.15, 0.2) is 18.2 Å². The van der Waals surface area contributed by atoms with Gasteiger partial charge in [0.25, 0.3) is 0 Å². The maximum atomic E-state index is 13.8. The van der Waals surface area contributed by atoms with Crippen LogP contribution in [0, 0.1) is 11.7 Å². The number of aryl methyl sites for hydroxylation is 1. The molecule has 0 aliphatic heterocycles. The molecule has 1 aromatic heterocycles. The van der Waals surface area contributed by atoms with E-state index in [9.17, 15) is 12.8 Å². The summed E-state index contributed by atoms with van der Waals surface area (Å²) in [6, 6.07) is 4.55. The number of hydrogen-bond acceptors (Lipinski definition) is 3. The summed E-state index contributed by atoms with van der Waals surface area (Å²) < 4.78 is 42.1. The SMILES string of the molecule is Cn1c(NS(=O)(=O)CC2CCCC2)nc2cccc(F)c21. The van der Waals surface area contributed by atoms with Gasteiger partial charge in [0, 0.05) is 7.05 Å². The smallest absolute Gasteiger partial charge is 0.235 e. The summed E-state index contributed by atoms with van der Waals surface area (Å²) in [7, 11) is -1.85. The van der Waals surface area contributed by atoms with E-state index in [0.29, 0.717) is 11.0 Å². The molecule has 0 bridgehead atoms. The first kappa shape index (κ1) is 14.3. The molecular weight excluding hydrogens is 293 g/mol. The number of sulfonamides is 1. The van der Waals surface area contributed by atoms with Crippen molar-refractivity contribution in [3.8, 4) is 0 Å². The lowest BCUT2D eigenvalue weighted by atomic mass is 10.1. The molecule has 3 rings (SSSR count). The molecule has 114 valence electrons. The summed E-state index contributed by atoms with van der Waals surface area (Å²) >= 11 is 0. The first-order valence-corrected chi connectivity index (χ1v) is 8.73. The molecule has 1 aliphatic carbocycles. The van der Waals surface area contributed by atoms with Crippen LogP contribution in [-0.4, -0.2) is 23.7 Å². The zero-order valence-corrected chi connectivity index (χ0v) is 12.7. The molecule has 7 heteroatoms. The van der Waals surface area contributed by atoms with Crippen molar-refractivity contribution < 1.29 is 12.8 Å². The molecule has 0 spiro atoms. The molecule has 0 radical (unpaired) electrons. The second-order valence-electron chi connectivity index (χ2n) is 5.64. The van der Waals surface area contributed by atoms with Crippen molar-refractivity contribution in [2.75, 3.05) is 10.5 Å². The summed E-state index contributed by atoms with van der Waals surface area (Å²) in [5.41, 5.74) is 0.743. The van der Waals surface area contributed by atoms with Crippen molar-refractivity contribution in [3.63, 3.8) is 0 Å². The van der Waals surface area contributed by atoms with E-state index in [0.717, 1.165) is 25.7 Å². The van der Waals surface area contributed by atoms with E-state index in [1.807, 2.05) is 0 Å². The third-order valence-electron chi connectivity index (χ3n) is 4.02. The minimum Gasteiger partial charge on any atom is -0.310 e. The average molecular weight is 311 g/mol. The summed E-state index contributed by atoms with van der Waals surface area (Å²) in [6.07, 6.45) is 4.10. The van der Waals surface area contributed by atoms with E-state index < -0.39 is 15.8 Å². The van der Waals surface area contributed by atoms with Crippen LogP contribution < -0.4 is 4.72 Å². The standard InChI is InChI=1S/C14H18FN3O2S/c1-18-13-11(15)7-4-8-12(13)16-14(18)17-21(19,20)9-10-5-2-3-6-10/h4,7-8,10H,2-3,5-6,9H2,1H3,(H,16,17). The fourth-order valence-corrected chi connectivity index (χ4v) is 4.48. The van der Waals surface area contributed by atoms with Crippen LogP contribution in [0.3, 0.4) is 0 Å². The highest BCUT2D eigenvalue weighted by molar-refractivity contribution is 7.92. The second-order valence-corrected chi connectivity index (χ2v) is 7.40. The molecule has 1 aliphatic rings. The van der Waals surface area contributed by atoms with Gasteiger partial charge in [-0.05, 0) is 30.9 Å². The largest absolute Gasteiger partial charge is 0.310 e. The molecule has 0 amide bonds. The molecule has 0 atom stereocenters. The van der Waals surface area contributed by atoms with Gasteiger partial charge in [-0.15, -0.1) is 0 Å². The first-order valence-electron chi connectivity index (χ1n) is 7.08. The topological polar surface area (TPSA) is 64.0 Å². The maximum absolute atomic E-state index is 13.8. The Balaban J connectivity index is 1.87. The molecule has 1 heterocycles. The highest BCUT2D eigenvalue weighted by Gasteiger charge is 2.24. The van der Waals surface area contributed by atoms with Crippen LogP contribution in [-0.2, 0) is 17.1 Å². The number of fused-ring (bicyclic) bond motifs is 1. The Bertz CT molecular complexity index is 764. The van der Waals surface area contributed by atoms with Gasteiger partial charge in [-0.2, -0.15) is 0 Å². The summed E-state index contributed by atoms with van der Waals surface area (Å²) in [4.78, 5) is 4.17. The van der Waals surface area contributed by atoms with Crippen molar-refractivity contribution in [2.45, 2.75) is 25.7 Å². The van der Waals surface area contributed by atoms with Gasteiger partial charge >= 0.3 is 0 Å². The van der Waals surface area contributed by atoms with Gasteiger partial charge in [-0.25, -0.2) is 17.8 Å². The Labute approximate surface area is 123 Å². The van der Waals surface area contributed by atoms with Crippen molar-refractivity contribution in [1.82, 2.24) is 9.55 Å². The number of rotatable bonds is 4. The maximum Gasteiger partial charge on any atom is 0.235 e. The fourth-order valence-electron chi connectivity index (χ4n) is 2.98. The summed E-state index contributed by atoms with van der Waals surface area (Å²) in [5, 5.41) is 0. The molecule has 1 saturated carbocycles. The first-order chi connectivity index (χ1) is 9.96. The van der Waals surface area contributed by atoms with Crippen LogP contribution in [0.2, 0.25) is 0 Å². The van der Waals surface area contributed by atoms with Gasteiger partial charge < -0.3 is 4.57 Å². The van der Waals surface area contributed by atoms with Crippen molar-refractivity contribution >= 4 is 27.0 Å². The predicted octanol–water partition coefficient (Wildman–Crippen LogP) is 2.64. The van der Waals surface area contributed by atoms with Crippen LogP contribution in [0.5, 0.6) is 0 Å². The Morgan fingerprint density at radius 2 is 2.10 bits per heavy atom. The lowest BCUT2D eigenvalue weighted by Crippen LogP contribution is -2.23. The number of imidazole rings is 1. The number of nitrogens with one attached hydrogen (secondary N) is 1. The molecule has 1 N–H and O–H groups in total. The normalized spacial score (nSPS) is 16.7. The van der Waals surface area contributed by atoms with E-state index in [2.05, 4.69) is 9.71 Å². The third kappa shape index (κ3) is 2.88. The van der Waals surface area contributed by atoms with Gasteiger partial charge in [-0.3, -0.25) is 4.72 Å². The molecule has 1 aromatic carbocycles. The zero-order chi connectivity index (χ0) is 15.0. The number of para-hydroxylation sites is 1. The predicted molar refractivity (Wildman–Crippen MR) is 80.0 cm³/mol. The van der Waals surface area contributed by atoms with Crippen LogP contribution in [0.4, 0.5) is 10.3 Å². The summed E-state index contributed by atoms with van der Waals surface area (Å²) in [6.45, 7) is 0. The van der Waals surface area contributed by atoms with Gasteiger partial charge in [-0.1, -0.05) is 18.9 Å². The molecule has 5 nitrogen and oxygen atoms in total. The Kier molecular flexibility index (Phi) is 3.61. The van der Waals surface area contributed by atoms with Gasteiger partial charge in [0.05, 0.1) is 11.3 Å². The summed E-state index contributed by atoms with van der Waals surface area (Å²) in [5.74, 6) is 0.0735. The number of anilines is 1. The zero-order valence-electron chi connectivity index (χ0n) is 11.8. The molecule has 0 unspecified atom stereocenters. The second kappa shape index (κ2) is 5.29. The lowest BCUT2D eigenvalue weighted by Gasteiger charge is -2.11. The number of nitrogens with zero attached hydrogens (tertiary/aromatic N) is 2. The quantitative estimate of drug-likeness (QED) is 0.944. The minimum atomic E-state index is -3.46. The number of hydrogen-bond donors (Lipinski definition) is 1. The van der Waals surface area contributed by atoms with Gasteiger partial charge in [0.2, 0.25) is 16.0 Å². The van der Waals surface area contributed by atoms with Crippen LogP contribution in [0.25, 0.3) is 11.0 Å². The van der Waals surface area contributed by atoms with Gasteiger partial charge in [0.15, 0.2) is 0 Å². The number of halogens is 1. The number of aromatic nitrogens is 2. The number of benzene rings is 1. The highest BCUT2D eigenvalue weighted by Crippen LogP contribution is 2.27. The average Bonchev–Trinajstić information content (AvgIpc) is 2.99. The molecule has 1 fully saturated rings. The van der Waals surface area contributed by atoms with Crippen molar-refractivity contribution in [1.29, 1.82) is 0 Å². The van der Waals surface area contributed by atoms with Crippen molar-refractivity contribution in [2.24, 2.45) is 13.0 Å². The molecule has 2 aromatic rings. The molecular formula is C14H18FN3O2S.